The minimum absolute atomic E-state index is 0.0122. The molecule has 1 atom stereocenters. The van der Waals surface area contributed by atoms with Crippen molar-refractivity contribution in [1.29, 1.82) is 0 Å². The molecule has 1 heterocycles. The monoisotopic (exact) mass is 439 g/mol. The zero-order valence-corrected chi connectivity index (χ0v) is 17.2. The molecule has 31 heavy (non-hydrogen) atoms. The Bertz CT molecular complexity index is 1130. The molecule has 3 N–H and O–H groups in total. The number of rotatable bonds is 8. The van der Waals surface area contributed by atoms with Gasteiger partial charge in [0.15, 0.2) is 9.84 Å². The van der Waals surface area contributed by atoms with Crippen molar-refractivity contribution in [2.24, 2.45) is 0 Å². The average Bonchev–Trinajstić information content (AvgIpc) is 2.79. The van der Waals surface area contributed by atoms with Crippen LogP contribution in [0.5, 0.6) is 0 Å². The van der Waals surface area contributed by atoms with Gasteiger partial charge in [0.1, 0.15) is 6.04 Å². The number of nitrogens with one attached hydrogen (secondary N) is 2. The Hall–Kier alpha value is -3.56. The highest BCUT2D eigenvalue weighted by atomic mass is 32.2. The van der Waals surface area contributed by atoms with Crippen molar-refractivity contribution in [2.75, 3.05) is 5.75 Å². The van der Waals surface area contributed by atoms with E-state index in [1.165, 1.54) is 42.1 Å². The maximum Gasteiger partial charge on any atom is 0.266 e. The third kappa shape index (κ3) is 5.97. The first kappa shape index (κ1) is 22.1. The molecule has 0 fully saturated rings. The zero-order chi connectivity index (χ0) is 22.3. The Labute approximate surface area is 179 Å². The van der Waals surface area contributed by atoms with Gasteiger partial charge in [0.05, 0.1) is 10.6 Å². The van der Waals surface area contributed by atoms with E-state index in [1.807, 2.05) is 30.3 Å². The fraction of sp³-hybridized carbons (Fsp3) is 0.136. The van der Waals surface area contributed by atoms with Crippen molar-refractivity contribution in [3.63, 3.8) is 0 Å². The lowest BCUT2D eigenvalue weighted by molar-refractivity contribution is -0.130. The molecule has 0 aliphatic heterocycles. The summed E-state index contributed by atoms with van der Waals surface area (Å²) in [5.74, 6) is -2.41. The van der Waals surface area contributed by atoms with Crippen LogP contribution in [-0.2, 0) is 21.1 Å². The summed E-state index contributed by atoms with van der Waals surface area (Å²) >= 11 is 0. The van der Waals surface area contributed by atoms with E-state index < -0.39 is 33.4 Å². The maximum absolute atomic E-state index is 12.8. The van der Waals surface area contributed by atoms with Crippen LogP contribution in [0.2, 0.25) is 0 Å². The summed E-state index contributed by atoms with van der Waals surface area (Å²) < 4.78 is 25.7. The van der Waals surface area contributed by atoms with E-state index in [4.69, 9.17) is 5.21 Å². The Morgan fingerprint density at radius 3 is 2.13 bits per heavy atom. The molecule has 8 nitrogen and oxygen atoms in total. The van der Waals surface area contributed by atoms with Gasteiger partial charge in [-0.15, -0.1) is 0 Å². The van der Waals surface area contributed by atoms with E-state index >= 15 is 0 Å². The average molecular weight is 439 g/mol. The molecule has 0 aliphatic rings. The Balaban J connectivity index is 1.74. The molecular weight excluding hydrogens is 418 g/mol. The van der Waals surface area contributed by atoms with Gasteiger partial charge < -0.3 is 5.32 Å². The maximum atomic E-state index is 12.8. The highest BCUT2D eigenvalue weighted by Gasteiger charge is 2.28. The molecule has 160 valence electrons. The van der Waals surface area contributed by atoms with E-state index in [1.54, 1.807) is 12.1 Å². The molecule has 0 spiro atoms. The molecule has 3 aromatic rings. The molecule has 0 radical (unpaired) electrons. The van der Waals surface area contributed by atoms with Gasteiger partial charge in [-0.1, -0.05) is 42.5 Å². The molecule has 2 amide bonds. The minimum atomic E-state index is -3.93. The van der Waals surface area contributed by atoms with Gasteiger partial charge in [-0.05, 0) is 41.8 Å². The van der Waals surface area contributed by atoms with Crippen molar-refractivity contribution >= 4 is 21.7 Å². The van der Waals surface area contributed by atoms with Gasteiger partial charge in [-0.25, -0.2) is 13.9 Å². The van der Waals surface area contributed by atoms with Gasteiger partial charge in [-0.3, -0.25) is 19.8 Å². The largest absolute Gasteiger partial charge is 0.339 e. The number of hydroxylamine groups is 1. The Kier molecular flexibility index (Phi) is 7.11. The topological polar surface area (TPSA) is 125 Å². The highest BCUT2D eigenvalue weighted by molar-refractivity contribution is 7.91. The van der Waals surface area contributed by atoms with Crippen molar-refractivity contribution in [2.45, 2.75) is 17.4 Å². The first-order chi connectivity index (χ1) is 14.9. The van der Waals surface area contributed by atoms with Crippen LogP contribution in [0.25, 0.3) is 0 Å². The standard InChI is InChI=1S/C22H21N3O5S/c26-21(18-10-12-23-13-11-18)24-20(22(27)25-28)15-31(29,30)19-8-6-17(7-9-19)14-16-4-2-1-3-5-16/h1-13,20,28H,14-15H2,(H,24,26)(H,25,27)/t20-/m0/s1. The van der Waals surface area contributed by atoms with Gasteiger partial charge in [0.25, 0.3) is 11.8 Å². The highest BCUT2D eigenvalue weighted by Crippen LogP contribution is 2.16. The van der Waals surface area contributed by atoms with Crippen molar-refractivity contribution in [1.82, 2.24) is 15.8 Å². The predicted molar refractivity (Wildman–Crippen MR) is 113 cm³/mol. The lowest BCUT2D eigenvalue weighted by atomic mass is 10.1. The second-order valence-corrected chi connectivity index (χ2v) is 8.86. The molecule has 3 rings (SSSR count). The Morgan fingerprint density at radius 1 is 0.903 bits per heavy atom. The second kappa shape index (κ2) is 9.96. The normalized spacial score (nSPS) is 12.0. The first-order valence-corrected chi connectivity index (χ1v) is 11.0. The van der Waals surface area contributed by atoms with Crippen LogP contribution in [0, 0.1) is 0 Å². The van der Waals surface area contributed by atoms with Crippen LogP contribution >= 0.6 is 0 Å². The van der Waals surface area contributed by atoms with Gasteiger partial charge in [0, 0.05) is 18.0 Å². The van der Waals surface area contributed by atoms with Gasteiger partial charge in [0.2, 0.25) is 0 Å². The molecule has 9 heteroatoms. The minimum Gasteiger partial charge on any atom is -0.339 e. The molecule has 1 aromatic heterocycles. The number of hydrogen-bond acceptors (Lipinski definition) is 6. The smallest absolute Gasteiger partial charge is 0.266 e. The number of carbonyl (C=O) groups excluding carboxylic acids is 2. The number of carbonyl (C=O) groups is 2. The van der Waals surface area contributed by atoms with Crippen LogP contribution in [0.3, 0.4) is 0 Å². The second-order valence-electron chi connectivity index (χ2n) is 6.83. The summed E-state index contributed by atoms with van der Waals surface area (Å²) in [6.45, 7) is 0. The molecule has 0 saturated heterocycles. The molecule has 2 aromatic carbocycles. The number of aromatic nitrogens is 1. The van der Waals surface area contributed by atoms with Crippen LogP contribution in [0.1, 0.15) is 21.5 Å². The third-order valence-corrected chi connectivity index (χ3v) is 6.36. The number of pyridine rings is 1. The van der Waals surface area contributed by atoms with Gasteiger partial charge >= 0.3 is 0 Å². The quantitative estimate of drug-likeness (QED) is 0.363. The molecule has 0 bridgehead atoms. The van der Waals surface area contributed by atoms with Crippen LogP contribution < -0.4 is 10.8 Å². The van der Waals surface area contributed by atoms with E-state index in [-0.39, 0.29) is 10.5 Å². The number of hydrogen-bond donors (Lipinski definition) is 3. The summed E-state index contributed by atoms with van der Waals surface area (Å²) in [4.78, 5) is 28.1. The van der Waals surface area contributed by atoms with Crippen LogP contribution in [-0.4, -0.2) is 42.2 Å². The van der Waals surface area contributed by atoms with E-state index in [9.17, 15) is 18.0 Å². The fourth-order valence-corrected chi connectivity index (χ4v) is 4.38. The molecule has 0 unspecified atom stereocenters. The van der Waals surface area contributed by atoms with Crippen molar-refractivity contribution in [3.05, 3.63) is 95.8 Å². The van der Waals surface area contributed by atoms with Crippen LogP contribution in [0.4, 0.5) is 0 Å². The first-order valence-electron chi connectivity index (χ1n) is 9.39. The summed E-state index contributed by atoms with van der Waals surface area (Å²) in [5, 5.41) is 11.3. The molecule has 0 saturated carbocycles. The number of amides is 2. The summed E-state index contributed by atoms with van der Waals surface area (Å²) in [6, 6.07) is 17.4. The third-order valence-electron chi connectivity index (χ3n) is 4.59. The summed E-state index contributed by atoms with van der Waals surface area (Å²) in [6.07, 6.45) is 3.44. The zero-order valence-electron chi connectivity index (χ0n) is 16.4. The van der Waals surface area contributed by atoms with E-state index in [0.717, 1.165) is 11.1 Å². The molecular formula is C22H21N3O5S. The number of benzene rings is 2. The van der Waals surface area contributed by atoms with E-state index in [0.29, 0.717) is 6.42 Å². The predicted octanol–water partition coefficient (Wildman–Crippen LogP) is 1.75. The number of nitrogens with zero attached hydrogens (tertiary/aromatic N) is 1. The fourth-order valence-electron chi connectivity index (χ4n) is 2.97. The SMILES string of the molecule is O=C(N[C@@H](CS(=O)(=O)c1ccc(Cc2ccccc2)cc1)C(=O)NO)c1ccncc1. The lowest BCUT2D eigenvalue weighted by Gasteiger charge is -2.17. The summed E-state index contributed by atoms with van der Waals surface area (Å²) in [5.41, 5.74) is 3.63. The number of sulfone groups is 1. The lowest BCUT2D eigenvalue weighted by Crippen LogP contribution is -2.49. The van der Waals surface area contributed by atoms with Crippen molar-refractivity contribution in [3.8, 4) is 0 Å². The van der Waals surface area contributed by atoms with Crippen LogP contribution in [0.15, 0.2) is 84.0 Å². The Morgan fingerprint density at radius 2 is 1.52 bits per heavy atom. The summed E-state index contributed by atoms with van der Waals surface area (Å²) in [7, 11) is -3.93. The van der Waals surface area contributed by atoms with Crippen molar-refractivity contribution < 1.29 is 23.2 Å². The molecule has 0 aliphatic carbocycles. The van der Waals surface area contributed by atoms with E-state index in [2.05, 4.69) is 10.3 Å². The van der Waals surface area contributed by atoms with Gasteiger partial charge in [-0.2, -0.15) is 0 Å².